The first-order valence-corrected chi connectivity index (χ1v) is 8.13. The number of thiol groups is 2. The predicted molar refractivity (Wildman–Crippen MR) is 90.1 cm³/mol. The number of rotatable bonds is 11. The number of aliphatic carboxylic acids is 1. The van der Waals surface area contributed by atoms with Gasteiger partial charge in [0.1, 0.15) is 6.04 Å². The Morgan fingerprint density at radius 2 is 1.55 bits per heavy atom. The van der Waals surface area contributed by atoms with E-state index >= 15 is 0 Å². The molecule has 0 radical (unpaired) electrons. The summed E-state index contributed by atoms with van der Waals surface area (Å²) in [7, 11) is 0. The van der Waals surface area contributed by atoms with Gasteiger partial charge in [0.15, 0.2) is 0 Å². The summed E-state index contributed by atoms with van der Waals surface area (Å²) < 4.78 is 0. The van der Waals surface area contributed by atoms with Crippen LogP contribution < -0.4 is 22.1 Å². The van der Waals surface area contributed by atoms with Crippen LogP contribution in [0.5, 0.6) is 0 Å². The Hall–Kier alpha value is -0.970. The predicted octanol–water partition coefficient (Wildman–Crippen LogP) is -1.64. The van der Waals surface area contributed by atoms with Gasteiger partial charge >= 0.3 is 5.97 Å². The van der Waals surface area contributed by atoms with Gasteiger partial charge in [-0.25, -0.2) is 4.79 Å². The minimum atomic E-state index is -1.12. The zero-order valence-corrected chi connectivity index (χ0v) is 14.0. The van der Waals surface area contributed by atoms with E-state index in [1.54, 1.807) is 0 Å². The van der Waals surface area contributed by atoms with Crippen LogP contribution in [0.1, 0.15) is 19.3 Å². The molecule has 0 saturated heterocycles. The van der Waals surface area contributed by atoms with Crippen LogP contribution in [-0.2, 0) is 14.4 Å². The van der Waals surface area contributed by atoms with Crippen LogP contribution in [0, 0.1) is 0 Å². The number of carboxylic acids is 1. The maximum absolute atomic E-state index is 11.5. The molecular weight excluding hydrogens is 328 g/mol. The lowest BCUT2D eigenvalue weighted by Gasteiger charge is -2.17. The van der Waals surface area contributed by atoms with Crippen molar-refractivity contribution in [2.45, 2.75) is 37.4 Å². The van der Waals surface area contributed by atoms with Gasteiger partial charge in [-0.3, -0.25) is 9.59 Å². The molecule has 0 saturated carbocycles. The summed E-state index contributed by atoms with van der Waals surface area (Å²) >= 11 is 7.80. The molecule has 3 atom stereocenters. The van der Waals surface area contributed by atoms with E-state index in [-0.39, 0.29) is 23.8 Å². The van der Waals surface area contributed by atoms with Crippen molar-refractivity contribution in [3.63, 3.8) is 0 Å². The number of carbonyl (C=O) groups excluding carboxylic acids is 2. The Kier molecular flexibility index (Phi) is 11.1. The van der Waals surface area contributed by atoms with Crippen molar-refractivity contribution in [2.24, 2.45) is 11.5 Å². The number of hydrogen-bond acceptors (Lipinski definition) is 7. The van der Waals surface area contributed by atoms with Gasteiger partial charge in [-0.05, 0) is 19.3 Å². The lowest BCUT2D eigenvalue weighted by Crippen LogP contribution is -2.49. The summed E-state index contributed by atoms with van der Waals surface area (Å²) in [4.78, 5) is 34.0. The van der Waals surface area contributed by atoms with Crippen LogP contribution in [0.15, 0.2) is 0 Å². The fourth-order valence-electron chi connectivity index (χ4n) is 1.52. The van der Waals surface area contributed by atoms with E-state index in [2.05, 4.69) is 35.9 Å². The molecule has 0 aliphatic heterocycles. The Balaban J connectivity index is 4.05. The summed E-state index contributed by atoms with van der Waals surface area (Å²) in [5.41, 5.74) is 11.0. The quantitative estimate of drug-likeness (QED) is 0.175. The van der Waals surface area contributed by atoms with Gasteiger partial charge in [0.05, 0.1) is 12.1 Å². The molecule has 0 fully saturated rings. The average Bonchev–Trinajstić information content (AvgIpc) is 2.50. The standard InChI is InChI=1S/C12H24N4O4S2/c13-7(5-21)10(17)15-4-2-1-3-9(12(19)20)16-11(18)8(14)6-22/h7-9,21-22H,1-6,13-14H2,(H,15,17)(H,16,18)(H,19,20)/t7-,8?,9-/m0/s1. The van der Waals surface area contributed by atoms with Crippen molar-refractivity contribution in [3.05, 3.63) is 0 Å². The molecule has 0 heterocycles. The summed E-state index contributed by atoms with van der Waals surface area (Å²) in [6, 6.07) is -2.50. The molecule has 0 aromatic carbocycles. The van der Waals surface area contributed by atoms with E-state index in [1.807, 2.05) is 0 Å². The van der Waals surface area contributed by atoms with Crippen molar-refractivity contribution in [1.82, 2.24) is 10.6 Å². The van der Waals surface area contributed by atoms with Crippen LogP contribution in [0.2, 0.25) is 0 Å². The van der Waals surface area contributed by atoms with Crippen LogP contribution in [0.3, 0.4) is 0 Å². The van der Waals surface area contributed by atoms with Gasteiger partial charge < -0.3 is 27.2 Å². The third kappa shape index (κ3) is 8.47. The third-order valence-electron chi connectivity index (χ3n) is 2.90. The van der Waals surface area contributed by atoms with Crippen molar-refractivity contribution in [3.8, 4) is 0 Å². The van der Waals surface area contributed by atoms with Gasteiger partial charge in [-0.15, -0.1) is 0 Å². The molecule has 1 unspecified atom stereocenters. The molecule has 22 heavy (non-hydrogen) atoms. The zero-order chi connectivity index (χ0) is 17.1. The second kappa shape index (κ2) is 11.6. The van der Waals surface area contributed by atoms with Gasteiger partial charge in [0, 0.05) is 18.1 Å². The second-order valence-corrected chi connectivity index (χ2v) is 5.49. The van der Waals surface area contributed by atoms with Crippen LogP contribution in [0.25, 0.3) is 0 Å². The Morgan fingerprint density at radius 3 is 2.05 bits per heavy atom. The van der Waals surface area contributed by atoms with Crippen molar-refractivity contribution in [2.75, 3.05) is 18.1 Å². The lowest BCUT2D eigenvalue weighted by molar-refractivity contribution is -0.142. The molecular formula is C12H24N4O4S2. The minimum absolute atomic E-state index is 0.135. The molecule has 10 heteroatoms. The van der Waals surface area contributed by atoms with Crippen molar-refractivity contribution in [1.29, 1.82) is 0 Å². The first-order valence-electron chi connectivity index (χ1n) is 6.87. The van der Waals surface area contributed by atoms with Crippen molar-refractivity contribution >= 4 is 43.0 Å². The highest BCUT2D eigenvalue weighted by atomic mass is 32.1. The molecule has 0 aromatic rings. The Labute approximate surface area is 140 Å². The number of hydrogen-bond donors (Lipinski definition) is 7. The number of nitrogens with two attached hydrogens (primary N) is 2. The first kappa shape index (κ1) is 21.0. The van der Waals surface area contributed by atoms with E-state index in [1.165, 1.54) is 0 Å². The lowest BCUT2D eigenvalue weighted by atomic mass is 10.1. The van der Waals surface area contributed by atoms with Crippen molar-refractivity contribution < 1.29 is 19.5 Å². The molecule has 0 bridgehead atoms. The average molecular weight is 352 g/mol. The Bertz CT molecular complexity index is 384. The maximum Gasteiger partial charge on any atom is 0.326 e. The van der Waals surface area contributed by atoms with E-state index in [0.717, 1.165) is 0 Å². The number of unbranched alkanes of at least 4 members (excludes halogenated alkanes) is 1. The van der Waals surface area contributed by atoms with Gasteiger partial charge in [0.25, 0.3) is 0 Å². The van der Waals surface area contributed by atoms with Crippen LogP contribution >= 0.6 is 25.3 Å². The number of nitrogens with one attached hydrogen (secondary N) is 2. The van der Waals surface area contributed by atoms with E-state index < -0.39 is 30.0 Å². The monoisotopic (exact) mass is 352 g/mol. The summed E-state index contributed by atoms with van der Waals surface area (Å²) in [6.45, 7) is 0.386. The molecule has 7 N–H and O–H groups in total. The molecule has 0 aliphatic rings. The second-order valence-electron chi connectivity index (χ2n) is 4.76. The SMILES string of the molecule is NC(CS)C(=O)N[C@@H](CCCCNC(=O)[C@@H](N)CS)C(=O)O. The first-order chi connectivity index (χ1) is 10.3. The molecule has 0 aliphatic carbocycles. The van der Waals surface area contributed by atoms with E-state index in [9.17, 15) is 14.4 Å². The molecule has 128 valence electrons. The van der Waals surface area contributed by atoms with Gasteiger partial charge in [0.2, 0.25) is 11.8 Å². The largest absolute Gasteiger partial charge is 0.480 e. The number of amides is 2. The van der Waals surface area contributed by atoms with Gasteiger partial charge in [-0.2, -0.15) is 25.3 Å². The third-order valence-corrected chi connectivity index (χ3v) is 3.69. The normalized spacial score (nSPS) is 14.7. The number of carboxylic acid groups (broad SMARTS) is 1. The fraction of sp³-hybridized carbons (Fsp3) is 0.750. The van der Waals surface area contributed by atoms with Crippen LogP contribution in [0.4, 0.5) is 0 Å². The summed E-state index contributed by atoms with van der Waals surface area (Å²) in [5, 5.41) is 14.0. The number of carbonyl (C=O) groups is 3. The molecule has 8 nitrogen and oxygen atoms in total. The van der Waals surface area contributed by atoms with Gasteiger partial charge in [-0.1, -0.05) is 0 Å². The smallest absolute Gasteiger partial charge is 0.326 e. The van der Waals surface area contributed by atoms with E-state index in [0.29, 0.717) is 19.4 Å². The fourth-order valence-corrected chi connectivity index (χ4v) is 1.85. The molecule has 2 amide bonds. The van der Waals surface area contributed by atoms with Crippen LogP contribution in [-0.4, -0.2) is 59.1 Å². The molecule has 0 spiro atoms. The highest BCUT2D eigenvalue weighted by molar-refractivity contribution is 7.80. The highest BCUT2D eigenvalue weighted by Gasteiger charge is 2.22. The maximum atomic E-state index is 11.5. The summed E-state index contributed by atoms with van der Waals surface area (Å²) in [5.74, 6) is -1.57. The van der Waals surface area contributed by atoms with E-state index in [4.69, 9.17) is 16.6 Å². The molecule has 0 rings (SSSR count). The topological polar surface area (TPSA) is 148 Å². The summed E-state index contributed by atoms with van der Waals surface area (Å²) in [6.07, 6.45) is 1.34. The highest BCUT2D eigenvalue weighted by Crippen LogP contribution is 2.02. The minimum Gasteiger partial charge on any atom is -0.480 e. The zero-order valence-electron chi connectivity index (χ0n) is 12.2. The molecule has 0 aromatic heterocycles. The Morgan fingerprint density at radius 1 is 1.00 bits per heavy atom.